The number of carbonyl (C=O) groups excluding carboxylic acids is 4. The van der Waals surface area contributed by atoms with Crippen LogP contribution < -0.4 is 4.74 Å². The normalized spacial score (nSPS) is 28.7. The number of ketones is 2. The van der Waals surface area contributed by atoms with Gasteiger partial charge in [0, 0.05) is 34.0 Å². The molecule has 3 aromatic rings. The fourth-order valence-electron chi connectivity index (χ4n) is 8.70. The number of hydrogen-bond donors (Lipinski definition) is 1. The van der Waals surface area contributed by atoms with Crippen LogP contribution in [0.3, 0.4) is 0 Å². The molecule has 1 N–H and O–H groups in total. The highest BCUT2D eigenvalue weighted by molar-refractivity contribution is 9.10. The maximum atomic E-state index is 15.1. The zero-order chi connectivity index (χ0) is 32.3. The predicted molar refractivity (Wildman–Crippen MR) is 176 cm³/mol. The number of nitrogens with zero attached hydrogens (tertiary/aromatic N) is 1. The zero-order valence-electron chi connectivity index (χ0n) is 25.6. The number of hydrogen-bond acceptors (Lipinski definition) is 6. The number of methoxy groups -OCH3 is 1. The standard InChI is InChI=1S/C38H34BrNO6/c1-3-16-40-36(44)25-15-14-24-27(32(25)37(40)45)19-29-34(42)26(21-10-6-4-7-11-21)20-31(41)38(29,22-12-8-5-9-13-22)33(24)28-17-23(39)18-30(46-2)35(28)43/h4-14,17-18,20,25,27,29,32-33,43H,3,15-16,19H2,1-2H3. The molecule has 2 amide bonds. The number of allylic oxidation sites excluding steroid dienone is 4. The summed E-state index contributed by atoms with van der Waals surface area (Å²) in [6, 6.07) is 21.9. The average Bonchev–Trinajstić information content (AvgIpc) is 3.32. The maximum Gasteiger partial charge on any atom is 0.233 e. The molecule has 8 heteroatoms. The van der Waals surface area contributed by atoms with Crippen molar-refractivity contribution in [1.82, 2.24) is 4.90 Å². The Morgan fingerprint density at radius 2 is 1.65 bits per heavy atom. The molecule has 0 radical (unpaired) electrons. The fraction of sp³-hybridized carbons (Fsp3) is 0.316. The highest BCUT2D eigenvalue weighted by Gasteiger charge is 2.66. The number of phenols is 1. The van der Waals surface area contributed by atoms with Gasteiger partial charge in [-0.2, -0.15) is 0 Å². The SMILES string of the molecule is CCCN1C(=O)C2CC=C3C(CC4C(=O)C(c5ccccc5)=CC(=O)C4(c4ccccc4)C3c3cc(Br)cc(OC)c3O)C2C1=O. The van der Waals surface area contributed by atoms with Gasteiger partial charge in [0.25, 0.3) is 0 Å². The van der Waals surface area contributed by atoms with Crippen LogP contribution in [-0.2, 0) is 24.6 Å². The molecule has 0 bridgehead atoms. The van der Waals surface area contributed by atoms with Crippen LogP contribution in [0.5, 0.6) is 11.5 Å². The smallest absolute Gasteiger partial charge is 0.233 e. The summed E-state index contributed by atoms with van der Waals surface area (Å²) in [6.45, 7) is 2.28. The van der Waals surface area contributed by atoms with E-state index in [-0.39, 0.29) is 41.3 Å². The first-order valence-electron chi connectivity index (χ1n) is 15.8. The van der Waals surface area contributed by atoms with Gasteiger partial charge in [-0.3, -0.25) is 24.1 Å². The Morgan fingerprint density at radius 3 is 2.33 bits per heavy atom. The van der Waals surface area contributed by atoms with Gasteiger partial charge in [0.15, 0.2) is 23.1 Å². The molecule has 1 aliphatic heterocycles. The molecule has 2 fully saturated rings. The first-order valence-corrected chi connectivity index (χ1v) is 16.6. The first-order chi connectivity index (χ1) is 22.2. The Morgan fingerprint density at radius 1 is 0.957 bits per heavy atom. The molecule has 46 heavy (non-hydrogen) atoms. The van der Waals surface area contributed by atoms with Crippen molar-refractivity contribution in [3.8, 4) is 11.5 Å². The van der Waals surface area contributed by atoms with Gasteiger partial charge in [0.05, 0.1) is 24.4 Å². The summed E-state index contributed by atoms with van der Waals surface area (Å²) >= 11 is 3.58. The van der Waals surface area contributed by atoms with E-state index in [2.05, 4.69) is 15.9 Å². The molecule has 4 aliphatic rings. The number of aromatic hydroxyl groups is 1. The van der Waals surface area contributed by atoms with E-state index in [1.165, 1.54) is 18.1 Å². The Bertz CT molecular complexity index is 1830. The van der Waals surface area contributed by atoms with Gasteiger partial charge in [-0.25, -0.2) is 0 Å². The summed E-state index contributed by atoms with van der Waals surface area (Å²) in [4.78, 5) is 58.9. The van der Waals surface area contributed by atoms with Crippen LogP contribution in [-0.4, -0.2) is 47.0 Å². The molecule has 0 aromatic heterocycles. The van der Waals surface area contributed by atoms with Gasteiger partial charge in [-0.15, -0.1) is 0 Å². The van der Waals surface area contributed by atoms with Crippen molar-refractivity contribution in [2.24, 2.45) is 23.7 Å². The van der Waals surface area contributed by atoms with E-state index in [1.54, 1.807) is 12.1 Å². The number of amides is 2. The van der Waals surface area contributed by atoms with Gasteiger partial charge in [0.2, 0.25) is 11.8 Å². The second kappa shape index (κ2) is 11.5. The maximum absolute atomic E-state index is 15.1. The molecule has 1 saturated heterocycles. The number of carbonyl (C=O) groups is 4. The molecule has 6 atom stereocenters. The van der Waals surface area contributed by atoms with E-state index in [9.17, 15) is 19.5 Å². The van der Waals surface area contributed by atoms with Crippen molar-refractivity contribution in [2.45, 2.75) is 37.5 Å². The second-order valence-corrected chi connectivity index (χ2v) is 13.6. The number of ether oxygens (including phenoxy) is 1. The molecule has 6 unspecified atom stereocenters. The predicted octanol–water partition coefficient (Wildman–Crippen LogP) is 6.40. The summed E-state index contributed by atoms with van der Waals surface area (Å²) in [6.07, 6.45) is 4.68. The van der Waals surface area contributed by atoms with Crippen LogP contribution in [0.1, 0.15) is 48.8 Å². The quantitative estimate of drug-likeness (QED) is 0.239. The molecule has 3 aliphatic carbocycles. The highest BCUT2D eigenvalue weighted by Crippen LogP contribution is 2.65. The topological polar surface area (TPSA) is 101 Å². The molecular formula is C38H34BrNO6. The lowest BCUT2D eigenvalue weighted by molar-refractivity contribution is -0.140. The third kappa shape index (κ3) is 4.29. The molecule has 1 heterocycles. The van der Waals surface area contributed by atoms with E-state index in [1.807, 2.05) is 73.7 Å². The molecule has 1 saturated carbocycles. The minimum absolute atomic E-state index is 0.132. The molecule has 7 rings (SSSR count). The van der Waals surface area contributed by atoms with Crippen LogP contribution in [0.2, 0.25) is 0 Å². The number of rotatable bonds is 6. The molecule has 234 valence electrons. The first kappa shape index (κ1) is 30.4. The fourth-order valence-corrected chi connectivity index (χ4v) is 9.15. The number of Topliss-reactive ketones (excluding diaryl/α,β-unsaturated/α-hetero) is 1. The van der Waals surface area contributed by atoms with Crippen molar-refractivity contribution in [3.63, 3.8) is 0 Å². The largest absolute Gasteiger partial charge is 0.504 e. The zero-order valence-corrected chi connectivity index (χ0v) is 27.2. The summed E-state index contributed by atoms with van der Waals surface area (Å²) in [5.41, 5.74) is 1.44. The second-order valence-electron chi connectivity index (χ2n) is 12.7. The number of fused-ring (bicyclic) bond motifs is 4. The van der Waals surface area contributed by atoms with E-state index in [0.29, 0.717) is 46.1 Å². The number of imide groups is 1. The Kier molecular flexibility index (Phi) is 7.59. The Hall–Kier alpha value is -4.30. The Labute approximate surface area is 276 Å². The van der Waals surface area contributed by atoms with Gasteiger partial charge >= 0.3 is 0 Å². The van der Waals surface area contributed by atoms with Crippen molar-refractivity contribution in [1.29, 1.82) is 0 Å². The van der Waals surface area contributed by atoms with Crippen molar-refractivity contribution in [3.05, 3.63) is 112 Å². The van der Waals surface area contributed by atoms with Crippen molar-refractivity contribution >= 4 is 44.9 Å². The molecule has 7 nitrogen and oxygen atoms in total. The van der Waals surface area contributed by atoms with E-state index in [0.717, 1.165) is 5.57 Å². The summed E-state index contributed by atoms with van der Waals surface area (Å²) < 4.78 is 6.19. The minimum Gasteiger partial charge on any atom is -0.504 e. The van der Waals surface area contributed by atoms with Crippen molar-refractivity contribution < 1.29 is 29.0 Å². The lowest BCUT2D eigenvalue weighted by Crippen LogP contribution is -2.58. The minimum atomic E-state index is -1.43. The van der Waals surface area contributed by atoms with Crippen LogP contribution in [0, 0.1) is 23.7 Å². The number of halogens is 1. The van der Waals surface area contributed by atoms with Crippen LogP contribution in [0.15, 0.2) is 95.0 Å². The number of benzene rings is 3. The number of phenolic OH excluding ortho intramolecular Hbond substituents is 1. The summed E-state index contributed by atoms with van der Waals surface area (Å²) in [7, 11) is 1.46. The van der Waals surface area contributed by atoms with Gasteiger partial charge in [-0.1, -0.05) is 95.2 Å². The average molecular weight is 681 g/mol. The highest BCUT2D eigenvalue weighted by atomic mass is 79.9. The van der Waals surface area contributed by atoms with Gasteiger partial charge in [-0.05, 0) is 54.5 Å². The van der Waals surface area contributed by atoms with Gasteiger partial charge < -0.3 is 9.84 Å². The number of likely N-dealkylation sites (tertiary alicyclic amines) is 1. The van der Waals surface area contributed by atoms with Gasteiger partial charge in [0.1, 0.15) is 0 Å². The molecule has 3 aromatic carbocycles. The Balaban J connectivity index is 1.53. The van der Waals surface area contributed by atoms with E-state index >= 15 is 4.79 Å². The van der Waals surface area contributed by atoms with Crippen LogP contribution in [0.25, 0.3) is 5.57 Å². The van der Waals surface area contributed by atoms with Crippen LogP contribution >= 0.6 is 15.9 Å². The third-order valence-electron chi connectivity index (χ3n) is 10.5. The molecular weight excluding hydrogens is 646 g/mol. The summed E-state index contributed by atoms with van der Waals surface area (Å²) in [5.74, 6) is -4.10. The van der Waals surface area contributed by atoms with Crippen molar-refractivity contribution in [2.75, 3.05) is 13.7 Å². The third-order valence-corrected chi connectivity index (χ3v) is 11.0. The lowest BCUT2D eigenvalue weighted by atomic mass is 9.44. The van der Waals surface area contributed by atoms with E-state index in [4.69, 9.17) is 4.74 Å². The summed E-state index contributed by atoms with van der Waals surface area (Å²) in [5, 5.41) is 11.8. The van der Waals surface area contributed by atoms with E-state index < -0.39 is 35.0 Å². The van der Waals surface area contributed by atoms with Crippen LogP contribution in [0.4, 0.5) is 0 Å². The lowest BCUT2D eigenvalue weighted by Gasteiger charge is -2.55. The molecule has 0 spiro atoms. The monoisotopic (exact) mass is 679 g/mol.